The Morgan fingerprint density at radius 1 is 0.951 bits per heavy atom. The molecule has 1 atom stereocenters. The van der Waals surface area contributed by atoms with Crippen LogP contribution in [-0.2, 0) is 26.2 Å². The summed E-state index contributed by atoms with van der Waals surface area (Å²) in [4.78, 5) is 28.5. The maximum Gasteiger partial charge on any atom is 0.264 e. The zero-order valence-corrected chi connectivity index (χ0v) is 24.9. The number of sulfonamides is 1. The van der Waals surface area contributed by atoms with Crippen molar-refractivity contribution in [2.45, 2.75) is 62.6 Å². The normalized spacial score (nSPS) is 14.7. The Kier molecular flexibility index (Phi) is 10.3. The van der Waals surface area contributed by atoms with Crippen LogP contribution in [0, 0.1) is 5.82 Å². The Hall–Kier alpha value is -3.14. The van der Waals surface area contributed by atoms with Gasteiger partial charge in [-0.15, -0.1) is 0 Å². The number of anilines is 1. The van der Waals surface area contributed by atoms with Crippen LogP contribution in [0.25, 0.3) is 0 Å². The molecule has 3 aromatic rings. The van der Waals surface area contributed by atoms with Crippen LogP contribution < -0.4 is 9.62 Å². The van der Waals surface area contributed by atoms with Gasteiger partial charge in [0.1, 0.15) is 18.4 Å². The minimum Gasteiger partial charge on any atom is -0.352 e. The number of benzene rings is 3. The van der Waals surface area contributed by atoms with E-state index in [1.165, 1.54) is 65.6 Å². The SMILES string of the molecule is CC(C(=O)NC1CCCCC1)N(Cc1ccc(F)cc1)C(=O)CN(c1cccc(Cl)c1)S(=O)(=O)c1ccc(Cl)cc1. The Morgan fingerprint density at radius 2 is 1.61 bits per heavy atom. The van der Waals surface area contributed by atoms with E-state index in [2.05, 4.69) is 5.32 Å². The topological polar surface area (TPSA) is 86.8 Å². The van der Waals surface area contributed by atoms with Crippen LogP contribution in [0.4, 0.5) is 10.1 Å². The molecule has 4 rings (SSSR count). The van der Waals surface area contributed by atoms with Crippen molar-refractivity contribution in [2.75, 3.05) is 10.8 Å². The van der Waals surface area contributed by atoms with E-state index in [-0.39, 0.29) is 34.1 Å². The first kappa shape index (κ1) is 30.8. The van der Waals surface area contributed by atoms with E-state index in [9.17, 15) is 22.4 Å². The summed E-state index contributed by atoms with van der Waals surface area (Å²) in [6.07, 6.45) is 4.90. The lowest BCUT2D eigenvalue weighted by molar-refractivity contribution is -0.139. The molecule has 1 saturated carbocycles. The summed E-state index contributed by atoms with van der Waals surface area (Å²) in [6.45, 7) is 0.979. The van der Waals surface area contributed by atoms with E-state index < -0.39 is 34.3 Å². The van der Waals surface area contributed by atoms with E-state index in [4.69, 9.17) is 23.2 Å². The molecule has 1 unspecified atom stereocenters. The molecular weight excluding hydrogens is 588 g/mol. The molecule has 0 aliphatic heterocycles. The van der Waals surface area contributed by atoms with Crippen molar-refractivity contribution in [3.63, 3.8) is 0 Å². The standard InChI is InChI=1S/C30H32Cl2FN3O4S/c1-21(30(38)34-26-7-3-2-4-8-26)35(19-22-10-14-25(33)15-11-22)29(37)20-36(27-9-5-6-24(32)18-27)41(39,40)28-16-12-23(31)13-17-28/h5-6,9-18,21,26H,2-4,7-8,19-20H2,1H3,(H,34,38). The molecule has 11 heteroatoms. The minimum atomic E-state index is -4.24. The highest BCUT2D eigenvalue weighted by Gasteiger charge is 2.33. The van der Waals surface area contributed by atoms with Gasteiger partial charge in [0.05, 0.1) is 10.6 Å². The average Bonchev–Trinajstić information content (AvgIpc) is 2.95. The third-order valence-electron chi connectivity index (χ3n) is 7.16. The first-order valence-corrected chi connectivity index (χ1v) is 15.6. The average molecular weight is 621 g/mol. The Morgan fingerprint density at radius 3 is 2.24 bits per heavy atom. The quantitative estimate of drug-likeness (QED) is 0.293. The van der Waals surface area contributed by atoms with Crippen molar-refractivity contribution in [2.24, 2.45) is 0 Å². The number of rotatable bonds is 10. The second-order valence-electron chi connectivity index (χ2n) is 10.1. The molecule has 0 spiro atoms. The molecule has 0 bridgehead atoms. The molecule has 0 saturated heterocycles. The monoisotopic (exact) mass is 619 g/mol. The van der Waals surface area contributed by atoms with Crippen LogP contribution in [0.3, 0.4) is 0 Å². The van der Waals surface area contributed by atoms with E-state index in [1.807, 2.05) is 0 Å². The molecule has 3 aromatic carbocycles. The van der Waals surface area contributed by atoms with Crippen molar-refractivity contribution in [3.8, 4) is 0 Å². The van der Waals surface area contributed by atoms with Crippen molar-refractivity contribution >= 4 is 50.7 Å². The summed E-state index contributed by atoms with van der Waals surface area (Å²) >= 11 is 12.2. The van der Waals surface area contributed by atoms with E-state index >= 15 is 0 Å². The molecule has 1 aliphatic rings. The van der Waals surface area contributed by atoms with E-state index in [1.54, 1.807) is 19.1 Å². The molecule has 0 heterocycles. The second-order valence-corrected chi connectivity index (χ2v) is 12.8. The minimum absolute atomic E-state index is 0.0229. The second kappa shape index (κ2) is 13.7. The molecule has 7 nitrogen and oxygen atoms in total. The number of halogens is 3. The number of hydrogen-bond acceptors (Lipinski definition) is 4. The summed E-state index contributed by atoms with van der Waals surface area (Å²) in [7, 11) is -4.24. The van der Waals surface area contributed by atoms with Crippen LogP contribution in [-0.4, -0.2) is 43.8 Å². The van der Waals surface area contributed by atoms with Crippen LogP contribution in [0.2, 0.25) is 10.0 Å². The molecule has 0 aromatic heterocycles. The molecule has 1 fully saturated rings. The molecule has 41 heavy (non-hydrogen) atoms. The first-order chi connectivity index (χ1) is 19.5. The number of amides is 2. The summed E-state index contributed by atoms with van der Waals surface area (Å²) in [5, 5.41) is 3.69. The number of nitrogens with one attached hydrogen (secondary N) is 1. The molecular formula is C30H32Cl2FN3O4S. The fourth-order valence-electron chi connectivity index (χ4n) is 4.83. The van der Waals surface area contributed by atoms with Crippen molar-refractivity contribution in [3.05, 3.63) is 94.2 Å². The maximum atomic E-state index is 14.0. The van der Waals surface area contributed by atoms with E-state index in [0.717, 1.165) is 36.4 Å². The molecule has 218 valence electrons. The van der Waals surface area contributed by atoms with Gasteiger partial charge in [0, 0.05) is 22.6 Å². The number of carbonyl (C=O) groups is 2. The molecule has 2 amide bonds. The first-order valence-electron chi connectivity index (χ1n) is 13.4. The summed E-state index contributed by atoms with van der Waals surface area (Å²) < 4.78 is 42.2. The van der Waals surface area contributed by atoms with Gasteiger partial charge in [-0.05, 0) is 79.9 Å². The number of nitrogens with zero attached hydrogens (tertiary/aromatic N) is 2. The highest BCUT2D eigenvalue weighted by Crippen LogP contribution is 2.28. The van der Waals surface area contributed by atoms with Crippen molar-refractivity contribution in [1.29, 1.82) is 0 Å². The zero-order valence-electron chi connectivity index (χ0n) is 22.6. The molecule has 1 N–H and O–H groups in total. The van der Waals surface area contributed by atoms with Gasteiger partial charge in [0.15, 0.2) is 0 Å². The predicted octanol–water partition coefficient (Wildman–Crippen LogP) is 6.19. The van der Waals surface area contributed by atoms with Crippen molar-refractivity contribution in [1.82, 2.24) is 10.2 Å². The molecule has 1 aliphatic carbocycles. The Balaban J connectivity index is 1.67. The largest absolute Gasteiger partial charge is 0.352 e. The van der Waals surface area contributed by atoms with Crippen LogP contribution >= 0.6 is 23.2 Å². The highest BCUT2D eigenvalue weighted by atomic mass is 35.5. The van der Waals surface area contributed by atoms with Crippen LogP contribution in [0.5, 0.6) is 0 Å². The van der Waals surface area contributed by atoms with Gasteiger partial charge < -0.3 is 10.2 Å². The fraction of sp³-hybridized carbons (Fsp3) is 0.333. The number of carbonyl (C=O) groups excluding carboxylic acids is 2. The third kappa shape index (κ3) is 7.99. The Labute approximate surface area is 250 Å². The van der Waals surface area contributed by atoms with Crippen LogP contribution in [0.1, 0.15) is 44.6 Å². The fourth-order valence-corrected chi connectivity index (χ4v) is 6.55. The smallest absolute Gasteiger partial charge is 0.264 e. The van der Waals surface area contributed by atoms with Gasteiger partial charge in [0.2, 0.25) is 11.8 Å². The van der Waals surface area contributed by atoms with Gasteiger partial charge >= 0.3 is 0 Å². The van der Waals surface area contributed by atoms with Gasteiger partial charge in [-0.1, -0.05) is 60.7 Å². The van der Waals surface area contributed by atoms with Gasteiger partial charge in [0.25, 0.3) is 10.0 Å². The third-order valence-corrected chi connectivity index (χ3v) is 9.44. The van der Waals surface area contributed by atoms with E-state index in [0.29, 0.717) is 10.6 Å². The highest BCUT2D eigenvalue weighted by molar-refractivity contribution is 7.92. The van der Waals surface area contributed by atoms with Gasteiger partial charge in [-0.3, -0.25) is 13.9 Å². The Bertz CT molecular complexity index is 1460. The summed E-state index contributed by atoms with van der Waals surface area (Å²) in [6, 6.07) is 16.5. The van der Waals surface area contributed by atoms with Gasteiger partial charge in [-0.25, -0.2) is 12.8 Å². The molecule has 0 radical (unpaired) electrons. The lowest BCUT2D eigenvalue weighted by Crippen LogP contribution is -2.53. The van der Waals surface area contributed by atoms with Crippen LogP contribution in [0.15, 0.2) is 77.7 Å². The van der Waals surface area contributed by atoms with Gasteiger partial charge in [-0.2, -0.15) is 0 Å². The lowest BCUT2D eigenvalue weighted by Gasteiger charge is -2.33. The predicted molar refractivity (Wildman–Crippen MR) is 159 cm³/mol. The lowest BCUT2D eigenvalue weighted by atomic mass is 9.95. The summed E-state index contributed by atoms with van der Waals surface area (Å²) in [5.74, 6) is -1.38. The maximum absolute atomic E-state index is 14.0. The van der Waals surface area contributed by atoms with Crippen molar-refractivity contribution < 1.29 is 22.4 Å². The summed E-state index contributed by atoms with van der Waals surface area (Å²) in [5.41, 5.74) is 0.772. The zero-order chi connectivity index (χ0) is 29.6. The number of hydrogen-bond donors (Lipinski definition) is 1.